The van der Waals surface area contributed by atoms with Gasteiger partial charge in [0.05, 0.1) is 0 Å². The number of ether oxygens (including phenoxy) is 1. The van der Waals surface area contributed by atoms with Gasteiger partial charge in [0, 0.05) is 24.5 Å². The molecule has 1 atom stereocenters. The molecule has 0 N–H and O–H groups in total. The molecule has 1 aromatic carbocycles. The highest BCUT2D eigenvalue weighted by Gasteiger charge is 2.24. The normalized spacial score (nSPS) is 12.5. The number of hydrogen-bond donors (Lipinski definition) is 0. The molecule has 0 unspecified atom stereocenters. The standard InChI is InChI=1S/C23H27N5O4/c1-6-14(2)27-15(3)16(4)28-19-20(24-22(27)28)25(5)23(31)26(21(19)30)12-18(29)32-13-17-10-8-7-9-11-17/h7-11,14H,6,12-13H2,1-5H3/t14-/m1/s1. The lowest BCUT2D eigenvalue weighted by molar-refractivity contribution is -0.145. The summed E-state index contributed by atoms with van der Waals surface area (Å²) in [5.74, 6) is -0.0425. The predicted octanol–water partition coefficient (Wildman–Crippen LogP) is 2.48. The molecule has 9 heteroatoms. The fourth-order valence-electron chi connectivity index (χ4n) is 4.04. The van der Waals surface area contributed by atoms with Crippen molar-refractivity contribution in [1.82, 2.24) is 23.1 Å². The number of carbonyl (C=O) groups excluding carboxylic acids is 1. The highest BCUT2D eigenvalue weighted by Crippen LogP contribution is 2.25. The molecular weight excluding hydrogens is 410 g/mol. The van der Waals surface area contributed by atoms with E-state index < -0.39 is 23.8 Å². The van der Waals surface area contributed by atoms with Crippen molar-refractivity contribution >= 4 is 22.9 Å². The van der Waals surface area contributed by atoms with E-state index in [2.05, 4.69) is 23.4 Å². The summed E-state index contributed by atoms with van der Waals surface area (Å²) in [6, 6.07) is 9.40. The van der Waals surface area contributed by atoms with Crippen LogP contribution in [0.3, 0.4) is 0 Å². The van der Waals surface area contributed by atoms with Gasteiger partial charge >= 0.3 is 11.7 Å². The van der Waals surface area contributed by atoms with Crippen molar-refractivity contribution in [3.05, 3.63) is 68.1 Å². The summed E-state index contributed by atoms with van der Waals surface area (Å²) in [4.78, 5) is 43.3. The average molecular weight is 438 g/mol. The number of imidazole rings is 2. The average Bonchev–Trinajstić information content (AvgIpc) is 3.29. The Balaban J connectivity index is 1.81. The van der Waals surface area contributed by atoms with Crippen LogP contribution in [-0.4, -0.2) is 29.1 Å². The van der Waals surface area contributed by atoms with Crippen molar-refractivity contribution in [3.63, 3.8) is 0 Å². The van der Waals surface area contributed by atoms with Crippen LogP contribution in [0.1, 0.15) is 43.3 Å². The Kier molecular flexibility index (Phi) is 5.50. The van der Waals surface area contributed by atoms with Crippen LogP contribution in [0.25, 0.3) is 16.9 Å². The van der Waals surface area contributed by atoms with Crippen LogP contribution in [0.4, 0.5) is 0 Å². The van der Waals surface area contributed by atoms with Crippen molar-refractivity contribution < 1.29 is 9.53 Å². The molecule has 4 rings (SSSR count). The second kappa shape index (κ2) is 8.14. The predicted molar refractivity (Wildman–Crippen MR) is 121 cm³/mol. The number of aromatic nitrogens is 5. The van der Waals surface area contributed by atoms with Gasteiger partial charge in [-0.3, -0.25) is 18.6 Å². The molecule has 0 fully saturated rings. The maximum Gasteiger partial charge on any atom is 0.333 e. The van der Waals surface area contributed by atoms with Crippen LogP contribution in [0.5, 0.6) is 0 Å². The number of benzene rings is 1. The Morgan fingerprint density at radius 1 is 1.12 bits per heavy atom. The third-order valence-corrected chi connectivity index (χ3v) is 6.12. The van der Waals surface area contributed by atoms with Crippen molar-refractivity contribution in [1.29, 1.82) is 0 Å². The topological polar surface area (TPSA) is 92.5 Å². The number of rotatable bonds is 6. The Labute approximate surface area is 184 Å². The molecule has 0 saturated carbocycles. The van der Waals surface area contributed by atoms with Gasteiger partial charge in [0.2, 0.25) is 5.78 Å². The van der Waals surface area contributed by atoms with Gasteiger partial charge in [0.1, 0.15) is 13.2 Å². The van der Waals surface area contributed by atoms with E-state index in [1.165, 1.54) is 4.57 Å². The SMILES string of the molecule is CC[C@@H](C)n1c(C)c(C)n2c3c(=O)n(CC(=O)OCc4ccccc4)c(=O)n(C)c3nc12. The molecule has 0 radical (unpaired) electrons. The lowest BCUT2D eigenvalue weighted by Crippen LogP contribution is -2.41. The van der Waals surface area contributed by atoms with Gasteiger partial charge in [0.15, 0.2) is 11.2 Å². The molecule has 0 amide bonds. The summed E-state index contributed by atoms with van der Waals surface area (Å²) in [7, 11) is 1.55. The smallest absolute Gasteiger partial charge is 0.333 e. The van der Waals surface area contributed by atoms with Gasteiger partial charge in [0.25, 0.3) is 5.56 Å². The molecule has 168 valence electrons. The second-order valence-corrected chi connectivity index (χ2v) is 8.10. The first-order chi connectivity index (χ1) is 15.3. The molecule has 32 heavy (non-hydrogen) atoms. The number of hydrogen-bond acceptors (Lipinski definition) is 5. The van der Waals surface area contributed by atoms with Crippen LogP contribution in [0.2, 0.25) is 0 Å². The molecule has 0 aliphatic rings. The van der Waals surface area contributed by atoms with Crippen LogP contribution < -0.4 is 11.2 Å². The summed E-state index contributed by atoms with van der Waals surface area (Å²) >= 11 is 0. The largest absolute Gasteiger partial charge is 0.459 e. The van der Waals surface area contributed by atoms with E-state index in [0.29, 0.717) is 11.4 Å². The van der Waals surface area contributed by atoms with E-state index in [0.717, 1.165) is 27.9 Å². The Bertz CT molecular complexity index is 1440. The molecule has 0 bridgehead atoms. The van der Waals surface area contributed by atoms with Crippen molar-refractivity contribution in [2.24, 2.45) is 7.05 Å². The quantitative estimate of drug-likeness (QED) is 0.432. The van der Waals surface area contributed by atoms with Gasteiger partial charge in [-0.25, -0.2) is 9.36 Å². The minimum absolute atomic E-state index is 0.0734. The van der Waals surface area contributed by atoms with E-state index in [4.69, 9.17) is 4.74 Å². The zero-order valence-corrected chi connectivity index (χ0v) is 19.0. The summed E-state index contributed by atoms with van der Waals surface area (Å²) < 4.78 is 11.4. The molecule has 9 nitrogen and oxygen atoms in total. The van der Waals surface area contributed by atoms with Crippen molar-refractivity contribution in [2.45, 2.75) is 53.3 Å². The van der Waals surface area contributed by atoms with Gasteiger partial charge < -0.3 is 9.30 Å². The van der Waals surface area contributed by atoms with Crippen molar-refractivity contribution in [2.75, 3.05) is 0 Å². The highest BCUT2D eigenvalue weighted by atomic mass is 16.5. The first kappa shape index (κ1) is 21.6. The van der Waals surface area contributed by atoms with Crippen LogP contribution in [0.15, 0.2) is 39.9 Å². The molecular formula is C23H27N5O4. The summed E-state index contributed by atoms with van der Waals surface area (Å²) in [6.07, 6.45) is 0.893. The second-order valence-electron chi connectivity index (χ2n) is 8.10. The lowest BCUT2D eigenvalue weighted by Gasteiger charge is -2.13. The molecule has 0 saturated heterocycles. The maximum atomic E-state index is 13.4. The highest BCUT2D eigenvalue weighted by molar-refractivity contribution is 5.77. The third-order valence-electron chi connectivity index (χ3n) is 6.12. The van der Waals surface area contributed by atoms with Crippen LogP contribution >= 0.6 is 0 Å². The Hall–Kier alpha value is -3.62. The Morgan fingerprint density at radius 2 is 1.81 bits per heavy atom. The monoisotopic (exact) mass is 437 g/mol. The van der Waals surface area contributed by atoms with E-state index >= 15 is 0 Å². The van der Waals surface area contributed by atoms with Crippen LogP contribution in [0, 0.1) is 13.8 Å². The summed E-state index contributed by atoms with van der Waals surface area (Å²) in [5, 5.41) is 0. The summed E-state index contributed by atoms with van der Waals surface area (Å²) in [5.41, 5.74) is 2.11. The van der Waals surface area contributed by atoms with Gasteiger partial charge in [-0.1, -0.05) is 37.3 Å². The zero-order chi connectivity index (χ0) is 23.2. The number of nitrogens with zero attached hydrogens (tertiary/aromatic N) is 5. The molecule has 4 aromatic rings. The number of fused-ring (bicyclic) bond motifs is 3. The summed E-state index contributed by atoms with van der Waals surface area (Å²) in [6.45, 7) is 7.69. The number of esters is 1. The first-order valence-corrected chi connectivity index (χ1v) is 10.6. The number of aryl methyl sites for hydroxylation is 2. The molecule has 0 spiro atoms. The van der Waals surface area contributed by atoms with Crippen LogP contribution in [-0.2, 0) is 29.7 Å². The lowest BCUT2D eigenvalue weighted by atomic mass is 10.2. The van der Waals surface area contributed by atoms with E-state index in [9.17, 15) is 14.4 Å². The molecule has 3 aromatic heterocycles. The zero-order valence-electron chi connectivity index (χ0n) is 19.0. The minimum atomic E-state index is -0.654. The van der Waals surface area contributed by atoms with Gasteiger partial charge in [-0.05, 0) is 32.8 Å². The molecule has 3 heterocycles. The fourth-order valence-corrected chi connectivity index (χ4v) is 4.04. The van der Waals surface area contributed by atoms with Gasteiger partial charge in [-0.15, -0.1) is 0 Å². The molecule has 0 aliphatic heterocycles. The van der Waals surface area contributed by atoms with E-state index in [1.807, 2.05) is 44.2 Å². The van der Waals surface area contributed by atoms with Crippen molar-refractivity contribution in [3.8, 4) is 0 Å². The van der Waals surface area contributed by atoms with Gasteiger partial charge in [-0.2, -0.15) is 4.98 Å². The van der Waals surface area contributed by atoms with E-state index in [1.54, 1.807) is 11.4 Å². The maximum absolute atomic E-state index is 13.4. The minimum Gasteiger partial charge on any atom is -0.459 e. The third kappa shape index (κ3) is 3.34. The van der Waals surface area contributed by atoms with E-state index in [-0.39, 0.29) is 18.2 Å². The first-order valence-electron chi connectivity index (χ1n) is 10.6. The molecule has 0 aliphatic carbocycles. The Morgan fingerprint density at radius 3 is 2.47 bits per heavy atom. The fraction of sp³-hybridized carbons (Fsp3) is 0.391. The number of carbonyl (C=O) groups is 1.